The summed E-state index contributed by atoms with van der Waals surface area (Å²) in [4.78, 5) is 13.3. The number of carboxylic acid groups (broad SMARTS) is 1. The molecule has 0 unspecified atom stereocenters. The van der Waals surface area contributed by atoms with E-state index in [9.17, 15) is 9.18 Å². The van der Waals surface area contributed by atoms with E-state index in [-0.39, 0.29) is 11.4 Å². The predicted octanol–water partition coefficient (Wildman–Crippen LogP) is 1.28. The Balaban J connectivity index is 2.06. The second-order valence-corrected chi connectivity index (χ2v) is 4.91. The van der Waals surface area contributed by atoms with Crippen molar-refractivity contribution in [3.63, 3.8) is 0 Å². The molecule has 1 aliphatic rings. The molecule has 1 heterocycles. The molecule has 0 spiro atoms. The lowest BCUT2D eigenvalue weighted by Crippen LogP contribution is -2.44. The molecular weight excluding hydrogens is 247 g/mol. The van der Waals surface area contributed by atoms with Crippen LogP contribution < -0.4 is 5.32 Å². The van der Waals surface area contributed by atoms with Crippen LogP contribution in [0.1, 0.15) is 21.5 Å². The molecule has 0 aliphatic carbocycles. The van der Waals surface area contributed by atoms with Gasteiger partial charge in [-0.2, -0.15) is 0 Å². The van der Waals surface area contributed by atoms with Crippen molar-refractivity contribution in [2.45, 2.75) is 13.3 Å². The fraction of sp³-hybridized carbons (Fsp3) is 0.500. The lowest BCUT2D eigenvalue weighted by atomic mass is 10.0. The highest BCUT2D eigenvalue weighted by Gasteiger charge is 2.14. The molecule has 2 rings (SSSR count). The molecule has 1 fully saturated rings. The highest BCUT2D eigenvalue weighted by molar-refractivity contribution is 5.89. The van der Waals surface area contributed by atoms with Gasteiger partial charge in [0.15, 0.2) is 0 Å². The van der Waals surface area contributed by atoms with Crippen LogP contribution >= 0.6 is 0 Å². The summed E-state index contributed by atoms with van der Waals surface area (Å²) in [6, 6.07) is 2.78. The Bertz CT molecular complexity index is 471. The first-order chi connectivity index (χ1) is 9.08. The molecule has 1 aliphatic heterocycles. The smallest absolute Gasteiger partial charge is 0.335 e. The van der Waals surface area contributed by atoms with Crippen LogP contribution in [0.3, 0.4) is 0 Å². The van der Waals surface area contributed by atoms with E-state index in [2.05, 4.69) is 10.2 Å². The van der Waals surface area contributed by atoms with Gasteiger partial charge < -0.3 is 15.3 Å². The normalized spacial score (nSPS) is 16.5. The summed E-state index contributed by atoms with van der Waals surface area (Å²) < 4.78 is 13.8. The Morgan fingerprint density at radius 2 is 2.11 bits per heavy atom. The summed E-state index contributed by atoms with van der Waals surface area (Å²) in [5, 5.41) is 12.3. The zero-order valence-electron chi connectivity index (χ0n) is 11.1. The maximum Gasteiger partial charge on any atom is 0.335 e. The molecule has 4 nitrogen and oxygen atoms in total. The second-order valence-electron chi connectivity index (χ2n) is 4.91. The number of benzene rings is 1. The van der Waals surface area contributed by atoms with Crippen LogP contribution in [-0.2, 0) is 6.42 Å². The van der Waals surface area contributed by atoms with Crippen molar-refractivity contribution >= 4 is 5.97 Å². The molecule has 5 heteroatoms. The number of carbonyl (C=O) groups is 1. The summed E-state index contributed by atoms with van der Waals surface area (Å²) in [5.74, 6) is -1.31. The monoisotopic (exact) mass is 266 g/mol. The average Bonchev–Trinajstić information content (AvgIpc) is 2.38. The minimum Gasteiger partial charge on any atom is -0.478 e. The van der Waals surface area contributed by atoms with Gasteiger partial charge in [0.1, 0.15) is 5.82 Å². The molecule has 0 radical (unpaired) electrons. The van der Waals surface area contributed by atoms with Crippen LogP contribution in [-0.4, -0.2) is 48.7 Å². The van der Waals surface area contributed by atoms with Crippen molar-refractivity contribution in [2.24, 2.45) is 0 Å². The molecule has 19 heavy (non-hydrogen) atoms. The van der Waals surface area contributed by atoms with Crippen LogP contribution in [0.2, 0.25) is 0 Å². The standard InChI is InChI=1S/C14H19FN2O2/c1-10-8-13(15)11(9-12(10)14(18)19)2-5-17-6-3-16-4-7-17/h8-9,16H,2-7H2,1H3,(H,18,19). The molecule has 104 valence electrons. The fourth-order valence-corrected chi connectivity index (χ4v) is 2.35. The Morgan fingerprint density at radius 1 is 1.42 bits per heavy atom. The highest BCUT2D eigenvalue weighted by atomic mass is 19.1. The van der Waals surface area contributed by atoms with Crippen LogP contribution in [0, 0.1) is 12.7 Å². The first-order valence-corrected chi connectivity index (χ1v) is 6.53. The summed E-state index contributed by atoms with van der Waals surface area (Å²) in [6.45, 7) is 6.21. The van der Waals surface area contributed by atoms with Gasteiger partial charge in [-0.15, -0.1) is 0 Å². The molecule has 1 aromatic rings. The number of aryl methyl sites for hydroxylation is 1. The molecule has 0 saturated carbocycles. The van der Waals surface area contributed by atoms with E-state index in [4.69, 9.17) is 5.11 Å². The van der Waals surface area contributed by atoms with Gasteiger partial charge in [0, 0.05) is 32.7 Å². The third-order valence-corrected chi connectivity index (χ3v) is 3.53. The van der Waals surface area contributed by atoms with E-state index in [1.807, 2.05) is 0 Å². The number of hydrogen-bond acceptors (Lipinski definition) is 3. The first kappa shape index (κ1) is 14.0. The summed E-state index contributed by atoms with van der Waals surface area (Å²) in [7, 11) is 0. The largest absolute Gasteiger partial charge is 0.478 e. The molecule has 0 bridgehead atoms. The Kier molecular flexibility index (Phi) is 4.50. The number of hydrogen-bond donors (Lipinski definition) is 2. The van der Waals surface area contributed by atoms with E-state index >= 15 is 0 Å². The average molecular weight is 266 g/mol. The van der Waals surface area contributed by atoms with Gasteiger partial charge in [0.25, 0.3) is 0 Å². The third kappa shape index (κ3) is 3.52. The maximum atomic E-state index is 13.8. The van der Waals surface area contributed by atoms with E-state index in [1.165, 1.54) is 12.1 Å². The number of nitrogens with one attached hydrogen (secondary N) is 1. The van der Waals surface area contributed by atoms with Gasteiger partial charge in [-0.1, -0.05) is 0 Å². The molecule has 0 aromatic heterocycles. The number of nitrogens with zero attached hydrogens (tertiary/aromatic N) is 1. The number of carboxylic acids is 1. The first-order valence-electron chi connectivity index (χ1n) is 6.53. The van der Waals surface area contributed by atoms with E-state index < -0.39 is 5.97 Å². The lowest BCUT2D eigenvalue weighted by molar-refractivity contribution is 0.0696. The summed E-state index contributed by atoms with van der Waals surface area (Å²) >= 11 is 0. The van der Waals surface area contributed by atoms with Crippen LogP contribution in [0.25, 0.3) is 0 Å². The minimum atomic E-state index is -0.999. The molecule has 2 N–H and O–H groups in total. The second kappa shape index (κ2) is 6.12. The Labute approximate surface area is 112 Å². The minimum absolute atomic E-state index is 0.191. The third-order valence-electron chi connectivity index (χ3n) is 3.53. The predicted molar refractivity (Wildman–Crippen MR) is 71.1 cm³/mol. The van der Waals surface area contributed by atoms with E-state index in [0.29, 0.717) is 17.5 Å². The molecule has 0 amide bonds. The maximum absolute atomic E-state index is 13.8. The number of aromatic carboxylic acids is 1. The lowest BCUT2D eigenvalue weighted by Gasteiger charge is -2.27. The quantitative estimate of drug-likeness (QED) is 0.862. The zero-order chi connectivity index (χ0) is 13.8. The summed E-state index contributed by atoms with van der Waals surface area (Å²) in [6.07, 6.45) is 0.548. The van der Waals surface area contributed by atoms with Gasteiger partial charge in [-0.3, -0.25) is 0 Å². The molecular formula is C14H19FN2O2. The molecule has 0 atom stereocenters. The van der Waals surface area contributed by atoms with Crippen molar-refractivity contribution in [2.75, 3.05) is 32.7 Å². The van der Waals surface area contributed by atoms with Crippen molar-refractivity contribution in [3.05, 3.63) is 34.6 Å². The SMILES string of the molecule is Cc1cc(F)c(CCN2CCNCC2)cc1C(=O)O. The van der Waals surface area contributed by atoms with Crippen LogP contribution in [0.5, 0.6) is 0 Å². The molecule has 1 saturated heterocycles. The highest BCUT2D eigenvalue weighted by Crippen LogP contribution is 2.16. The number of piperazine rings is 1. The van der Waals surface area contributed by atoms with E-state index in [1.54, 1.807) is 6.92 Å². The number of halogens is 1. The van der Waals surface area contributed by atoms with Gasteiger partial charge in [0.05, 0.1) is 5.56 Å². The van der Waals surface area contributed by atoms with Crippen LogP contribution in [0.4, 0.5) is 4.39 Å². The van der Waals surface area contributed by atoms with Gasteiger partial charge in [-0.25, -0.2) is 9.18 Å². The fourth-order valence-electron chi connectivity index (χ4n) is 2.35. The Morgan fingerprint density at radius 3 is 2.74 bits per heavy atom. The zero-order valence-corrected chi connectivity index (χ0v) is 11.1. The van der Waals surface area contributed by atoms with E-state index in [0.717, 1.165) is 32.7 Å². The van der Waals surface area contributed by atoms with Crippen LogP contribution in [0.15, 0.2) is 12.1 Å². The molecule has 1 aromatic carbocycles. The summed E-state index contributed by atoms with van der Waals surface area (Å²) in [5.41, 5.74) is 1.15. The van der Waals surface area contributed by atoms with Gasteiger partial charge >= 0.3 is 5.97 Å². The van der Waals surface area contributed by atoms with Crippen molar-refractivity contribution in [1.29, 1.82) is 0 Å². The van der Waals surface area contributed by atoms with Crippen molar-refractivity contribution in [3.8, 4) is 0 Å². The van der Waals surface area contributed by atoms with Crippen molar-refractivity contribution in [1.82, 2.24) is 10.2 Å². The number of rotatable bonds is 4. The van der Waals surface area contributed by atoms with Gasteiger partial charge in [-0.05, 0) is 36.6 Å². The topological polar surface area (TPSA) is 52.6 Å². The van der Waals surface area contributed by atoms with Gasteiger partial charge in [0.2, 0.25) is 0 Å². The Hall–Kier alpha value is -1.46. The van der Waals surface area contributed by atoms with Crippen molar-refractivity contribution < 1.29 is 14.3 Å².